The average molecular weight is 281 g/mol. The molecule has 0 atom stereocenters. The lowest BCUT2D eigenvalue weighted by molar-refractivity contribution is 0.104. The summed E-state index contributed by atoms with van der Waals surface area (Å²) >= 11 is 0. The molecule has 0 amide bonds. The third-order valence-corrected chi connectivity index (χ3v) is 3.07. The molecule has 0 saturated heterocycles. The molecule has 0 fully saturated rings. The lowest BCUT2D eigenvalue weighted by Gasteiger charge is -2.04. The van der Waals surface area contributed by atoms with Crippen LogP contribution in [0.25, 0.3) is 0 Å². The number of carbonyl (C=O) groups is 1. The highest BCUT2D eigenvalue weighted by Crippen LogP contribution is 2.14. The van der Waals surface area contributed by atoms with E-state index < -0.39 is 0 Å². The van der Waals surface area contributed by atoms with Gasteiger partial charge in [0.15, 0.2) is 5.78 Å². The minimum absolute atomic E-state index is 0.0425. The largest absolute Gasteiger partial charge is 0.494 e. The summed E-state index contributed by atoms with van der Waals surface area (Å²) in [7, 11) is 0. The Kier molecular flexibility index (Phi) is 5.16. The van der Waals surface area contributed by atoms with Crippen molar-refractivity contribution in [2.75, 3.05) is 11.9 Å². The van der Waals surface area contributed by atoms with Crippen molar-refractivity contribution in [3.05, 3.63) is 71.9 Å². The molecule has 3 heteroatoms. The molecule has 0 aliphatic carbocycles. The normalized spacial score (nSPS) is 10.6. The predicted octanol–water partition coefficient (Wildman–Crippen LogP) is 4.20. The first-order chi connectivity index (χ1) is 10.2. The minimum atomic E-state index is -0.0425. The Labute approximate surface area is 125 Å². The van der Waals surface area contributed by atoms with Crippen LogP contribution in [0.1, 0.15) is 22.8 Å². The molecule has 0 aliphatic rings. The number of rotatable bonds is 6. The first kappa shape index (κ1) is 14.9. The van der Waals surface area contributed by atoms with E-state index in [0.29, 0.717) is 12.2 Å². The van der Waals surface area contributed by atoms with Gasteiger partial charge in [0.25, 0.3) is 0 Å². The van der Waals surface area contributed by atoms with E-state index in [0.717, 1.165) is 17.0 Å². The summed E-state index contributed by atoms with van der Waals surface area (Å²) in [4.78, 5) is 12.0. The van der Waals surface area contributed by atoms with Gasteiger partial charge in [-0.1, -0.05) is 18.2 Å². The molecule has 2 rings (SSSR count). The highest BCUT2D eigenvalue weighted by atomic mass is 16.5. The molecule has 0 radical (unpaired) electrons. The number of allylic oxidation sites excluding steroid dienone is 1. The van der Waals surface area contributed by atoms with Crippen LogP contribution < -0.4 is 10.1 Å². The zero-order chi connectivity index (χ0) is 15.1. The highest BCUT2D eigenvalue weighted by Gasteiger charge is 2.02. The molecule has 0 aromatic heterocycles. The highest BCUT2D eigenvalue weighted by molar-refractivity contribution is 6.04. The smallest absolute Gasteiger partial charge is 0.187 e. The van der Waals surface area contributed by atoms with E-state index >= 15 is 0 Å². The number of hydrogen-bond donors (Lipinski definition) is 1. The van der Waals surface area contributed by atoms with Crippen LogP contribution in [0.15, 0.2) is 60.8 Å². The standard InChI is InChI=1S/C18H19NO2/c1-3-21-16-10-8-15(9-11-16)18(20)12-13-19-17-7-5-4-6-14(17)2/h4-13,19H,3H2,1-2H3. The lowest BCUT2D eigenvalue weighted by atomic mass is 10.1. The van der Waals surface area contributed by atoms with Gasteiger partial charge in [-0.15, -0.1) is 0 Å². The lowest BCUT2D eigenvalue weighted by Crippen LogP contribution is -1.98. The Balaban J connectivity index is 1.97. The van der Waals surface area contributed by atoms with E-state index in [1.54, 1.807) is 30.5 Å². The van der Waals surface area contributed by atoms with Crippen molar-refractivity contribution < 1.29 is 9.53 Å². The Morgan fingerprint density at radius 3 is 2.52 bits per heavy atom. The Morgan fingerprint density at radius 1 is 1.14 bits per heavy atom. The topological polar surface area (TPSA) is 38.3 Å². The Hall–Kier alpha value is -2.55. The molecule has 0 bridgehead atoms. The number of anilines is 1. The number of carbonyl (C=O) groups excluding carboxylic acids is 1. The van der Waals surface area contributed by atoms with Gasteiger partial charge in [-0.3, -0.25) is 4.79 Å². The van der Waals surface area contributed by atoms with Crippen molar-refractivity contribution in [1.29, 1.82) is 0 Å². The van der Waals surface area contributed by atoms with Crippen LogP contribution in [-0.2, 0) is 0 Å². The van der Waals surface area contributed by atoms with Crippen molar-refractivity contribution in [2.24, 2.45) is 0 Å². The molecule has 3 nitrogen and oxygen atoms in total. The molecule has 2 aromatic carbocycles. The third kappa shape index (κ3) is 4.21. The first-order valence-electron chi connectivity index (χ1n) is 6.96. The monoisotopic (exact) mass is 281 g/mol. The van der Waals surface area contributed by atoms with Gasteiger partial charge < -0.3 is 10.1 Å². The summed E-state index contributed by atoms with van der Waals surface area (Å²) in [5.74, 6) is 0.732. The van der Waals surface area contributed by atoms with Crippen LogP contribution >= 0.6 is 0 Å². The number of ketones is 1. The molecule has 108 valence electrons. The summed E-state index contributed by atoms with van der Waals surface area (Å²) in [5.41, 5.74) is 2.77. The number of nitrogens with one attached hydrogen (secondary N) is 1. The van der Waals surface area contributed by atoms with Crippen molar-refractivity contribution in [2.45, 2.75) is 13.8 Å². The molecular formula is C18H19NO2. The molecule has 0 aliphatic heterocycles. The van der Waals surface area contributed by atoms with Gasteiger partial charge in [0.2, 0.25) is 0 Å². The molecule has 0 unspecified atom stereocenters. The van der Waals surface area contributed by atoms with Gasteiger partial charge in [-0.05, 0) is 49.7 Å². The summed E-state index contributed by atoms with van der Waals surface area (Å²) in [6.07, 6.45) is 3.20. The zero-order valence-electron chi connectivity index (χ0n) is 12.3. The molecule has 2 aromatic rings. The maximum atomic E-state index is 12.0. The zero-order valence-corrected chi connectivity index (χ0v) is 12.3. The van der Waals surface area contributed by atoms with Crippen LogP contribution in [0.2, 0.25) is 0 Å². The van der Waals surface area contributed by atoms with Gasteiger partial charge in [-0.25, -0.2) is 0 Å². The van der Waals surface area contributed by atoms with E-state index in [4.69, 9.17) is 4.74 Å². The second kappa shape index (κ2) is 7.29. The average Bonchev–Trinajstić information content (AvgIpc) is 2.50. The maximum absolute atomic E-state index is 12.0. The number of aryl methyl sites for hydroxylation is 1. The fourth-order valence-corrected chi connectivity index (χ4v) is 1.92. The third-order valence-electron chi connectivity index (χ3n) is 3.07. The maximum Gasteiger partial charge on any atom is 0.187 e. The van der Waals surface area contributed by atoms with Gasteiger partial charge >= 0.3 is 0 Å². The summed E-state index contributed by atoms with van der Waals surface area (Å²) in [6.45, 7) is 4.57. The fourth-order valence-electron chi connectivity index (χ4n) is 1.92. The molecule has 1 N–H and O–H groups in total. The second-order valence-electron chi connectivity index (χ2n) is 4.61. The quantitative estimate of drug-likeness (QED) is 0.637. The van der Waals surface area contributed by atoms with Crippen LogP contribution in [0.4, 0.5) is 5.69 Å². The van der Waals surface area contributed by atoms with E-state index in [-0.39, 0.29) is 5.78 Å². The molecule has 0 spiro atoms. The first-order valence-corrected chi connectivity index (χ1v) is 6.96. The van der Waals surface area contributed by atoms with Crippen LogP contribution in [0, 0.1) is 6.92 Å². The SMILES string of the molecule is CCOc1ccc(C(=O)C=CNc2ccccc2C)cc1. The Bertz CT molecular complexity index is 630. The molecule has 0 saturated carbocycles. The van der Waals surface area contributed by atoms with Gasteiger partial charge in [0.05, 0.1) is 6.61 Å². The van der Waals surface area contributed by atoms with Crippen LogP contribution in [0.3, 0.4) is 0 Å². The van der Waals surface area contributed by atoms with Gasteiger partial charge in [0, 0.05) is 23.5 Å². The van der Waals surface area contributed by atoms with Gasteiger partial charge in [0.1, 0.15) is 5.75 Å². The number of benzene rings is 2. The second-order valence-corrected chi connectivity index (χ2v) is 4.61. The van der Waals surface area contributed by atoms with E-state index in [2.05, 4.69) is 5.32 Å². The summed E-state index contributed by atoms with van der Waals surface area (Å²) in [6, 6.07) is 15.1. The molecule has 21 heavy (non-hydrogen) atoms. The number of ether oxygens (including phenoxy) is 1. The molecular weight excluding hydrogens is 262 g/mol. The van der Waals surface area contributed by atoms with Crippen molar-refractivity contribution in [1.82, 2.24) is 0 Å². The van der Waals surface area contributed by atoms with Crippen molar-refractivity contribution in [3.63, 3.8) is 0 Å². The summed E-state index contributed by atoms with van der Waals surface area (Å²) in [5, 5.41) is 3.12. The fraction of sp³-hybridized carbons (Fsp3) is 0.167. The van der Waals surface area contributed by atoms with E-state index in [1.807, 2.05) is 38.1 Å². The number of hydrogen-bond acceptors (Lipinski definition) is 3. The van der Waals surface area contributed by atoms with E-state index in [1.165, 1.54) is 6.08 Å². The molecule has 0 heterocycles. The predicted molar refractivity (Wildman–Crippen MR) is 85.9 cm³/mol. The van der Waals surface area contributed by atoms with Crippen LogP contribution in [-0.4, -0.2) is 12.4 Å². The van der Waals surface area contributed by atoms with Crippen molar-refractivity contribution in [3.8, 4) is 5.75 Å². The summed E-state index contributed by atoms with van der Waals surface area (Å²) < 4.78 is 5.35. The van der Waals surface area contributed by atoms with Crippen molar-refractivity contribution >= 4 is 11.5 Å². The number of para-hydroxylation sites is 1. The van der Waals surface area contributed by atoms with Gasteiger partial charge in [-0.2, -0.15) is 0 Å². The van der Waals surface area contributed by atoms with E-state index in [9.17, 15) is 4.79 Å². The minimum Gasteiger partial charge on any atom is -0.494 e. The Morgan fingerprint density at radius 2 is 1.86 bits per heavy atom. The van der Waals surface area contributed by atoms with Crippen LogP contribution in [0.5, 0.6) is 5.75 Å².